The van der Waals surface area contributed by atoms with Gasteiger partial charge in [0, 0.05) is 35.8 Å². The predicted octanol–water partition coefficient (Wildman–Crippen LogP) is 0.883. The molecule has 0 aromatic rings. The molecule has 0 saturated carbocycles. The molecule has 3 nitrogen and oxygen atoms in total. The van der Waals surface area contributed by atoms with Gasteiger partial charge in [0.15, 0.2) is 6.61 Å². The van der Waals surface area contributed by atoms with Crippen molar-refractivity contribution >= 4 is 28.8 Å². The van der Waals surface area contributed by atoms with Crippen molar-refractivity contribution in [3.05, 3.63) is 0 Å². The summed E-state index contributed by atoms with van der Waals surface area (Å²) in [4.78, 5) is 10.7. The number of terminal acetylenes is 1. The highest BCUT2D eigenvalue weighted by Crippen LogP contribution is 1.91. The first-order valence-electron chi connectivity index (χ1n) is 3.24. The van der Waals surface area contributed by atoms with Gasteiger partial charge in [-0.2, -0.15) is 0 Å². The zero-order valence-electron chi connectivity index (χ0n) is 6.10. The number of carbonyl (C=O) groups excluding carboxylic acids is 1. The zero-order valence-corrected chi connectivity index (χ0v) is 8.26. The second-order valence-electron chi connectivity index (χ2n) is 1.85. The van der Waals surface area contributed by atoms with Crippen LogP contribution in [0.15, 0.2) is 0 Å². The fourth-order valence-corrected chi connectivity index (χ4v) is 0.875. The molecule has 0 fully saturated rings. The fourth-order valence-electron chi connectivity index (χ4n) is 0.494. The summed E-state index contributed by atoms with van der Waals surface area (Å²) in [7, 11) is 0. The largest absolute Gasteiger partial charge is 0.452 e. The Labute approximate surface area is 80.4 Å². The van der Waals surface area contributed by atoms with Crippen molar-refractivity contribution in [2.75, 3.05) is 13.2 Å². The number of esters is 1. The zero-order chi connectivity index (χ0) is 8.53. The molecule has 1 N–H and O–H groups in total. The maximum atomic E-state index is 10.7. The Morgan fingerprint density at radius 3 is 3.00 bits per heavy atom. The third-order valence-electron chi connectivity index (χ3n) is 0.969. The lowest BCUT2D eigenvalue weighted by Gasteiger charge is -1.99. The molecule has 0 aliphatic heterocycles. The van der Waals surface area contributed by atoms with Crippen LogP contribution in [0, 0.1) is 12.3 Å². The molecule has 62 valence electrons. The quantitative estimate of drug-likeness (QED) is 0.264. The highest BCUT2D eigenvalue weighted by Gasteiger charge is 1.99. The van der Waals surface area contributed by atoms with E-state index < -0.39 is 0 Å². The minimum absolute atomic E-state index is 0.0799. The minimum Gasteiger partial charge on any atom is -0.452 e. The molecule has 0 spiro atoms. The van der Waals surface area contributed by atoms with Crippen LogP contribution in [0.4, 0.5) is 0 Å². The number of halogens is 1. The van der Waals surface area contributed by atoms with Crippen LogP contribution in [0.3, 0.4) is 0 Å². The summed E-state index contributed by atoms with van der Waals surface area (Å²) in [6.07, 6.45) is 6.10. The molecular weight excluding hydrogens is 257 g/mol. The van der Waals surface area contributed by atoms with Gasteiger partial charge in [0.2, 0.25) is 0 Å². The second-order valence-corrected chi connectivity index (χ2v) is 2.61. The van der Waals surface area contributed by atoms with E-state index in [2.05, 4.69) is 14.2 Å². The Kier molecular flexibility index (Phi) is 7.62. The number of ether oxygens (including phenoxy) is 1. The van der Waals surface area contributed by atoms with E-state index in [1.807, 2.05) is 22.9 Å². The van der Waals surface area contributed by atoms with Gasteiger partial charge in [0.25, 0.3) is 0 Å². The summed E-state index contributed by atoms with van der Waals surface area (Å²) in [6.45, 7) is 0.891. The standard InChI is InChI=1S/C7H10INO2/c1-2-6-11-7(10)4-3-5-9-8/h1,9H,3-6H2. The number of hydrogen-bond donors (Lipinski definition) is 1. The van der Waals surface area contributed by atoms with Gasteiger partial charge in [-0.1, -0.05) is 5.92 Å². The van der Waals surface area contributed by atoms with Crippen molar-refractivity contribution in [1.82, 2.24) is 3.53 Å². The second kappa shape index (κ2) is 7.82. The normalized spacial score (nSPS) is 8.73. The molecule has 0 aromatic carbocycles. The topological polar surface area (TPSA) is 38.3 Å². The molecule has 11 heavy (non-hydrogen) atoms. The number of rotatable bonds is 5. The van der Waals surface area contributed by atoms with Crippen LogP contribution >= 0.6 is 22.9 Å². The molecule has 0 saturated heterocycles. The monoisotopic (exact) mass is 267 g/mol. The molecule has 4 heteroatoms. The molecule has 0 atom stereocenters. The highest BCUT2D eigenvalue weighted by molar-refractivity contribution is 14.1. The summed E-state index contributed by atoms with van der Waals surface area (Å²) >= 11 is 2.03. The summed E-state index contributed by atoms with van der Waals surface area (Å²) in [5.74, 6) is 2.00. The van der Waals surface area contributed by atoms with Gasteiger partial charge in [-0.05, 0) is 6.42 Å². The maximum Gasteiger partial charge on any atom is 0.306 e. The number of hydrogen-bond acceptors (Lipinski definition) is 3. The highest BCUT2D eigenvalue weighted by atomic mass is 127. The minimum atomic E-state index is -0.227. The van der Waals surface area contributed by atoms with Gasteiger partial charge in [-0.25, -0.2) is 0 Å². The van der Waals surface area contributed by atoms with E-state index in [0.29, 0.717) is 6.42 Å². The van der Waals surface area contributed by atoms with Crippen LogP contribution in [0.5, 0.6) is 0 Å². The molecule has 0 bridgehead atoms. The van der Waals surface area contributed by atoms with E-state index in [0.717, 1.165) is 13.0 Å². The average molecular weight is 267 g/mol. The molecule has 0 radical (unpaired) electrons. The van der Waals surface area contributed by atoms with Crippen molar-refractivity contribution < 1.29 is 9.53 Å². The van der Waals surface area contributed by atoms with Gasteiger partial charge < -0.3 is 4.74 Å². The molecule has 0 unspecified atom stereocenters. The number of carbonyl (C=O) groups is 1. The predicted molar refractivity (Wildman–Crippen MR) is 51.0 cm³/mol. The van der Waals surface area contributed by atoms with Gasteiger partial charge in [-0.3, -0.25) is 8.32 Å². The fraction of sp³-hybridized carbons (Fsp3) is 0.571. The smallest absolute Gasteiger partial charge is 0.306 e. The summed E-state index contributed by atoms with van der Waals surface area (Å²) in [5, 5.41) is 0. The maximum absolute atomic E-state index is 10.7. The molecule has 0 aliphatic carbocycles. The lowest BCUT2D eigenvalue weighted by molar-refractivity contribution is -0.142. The van der Waals surface area contributed by atoms with E-state index in [4.69, 9.17) is 6.42 Å². The van der Waals surface area contributed by atoms with Gasteiger partial charge in [0.1, 0.15) is 0 Å². The van der Waals surface area contributed by atoms with E-state index in [9.17, 15) is 4.79 Å². The van der Waals surface area contributed by atoms with Crippen LogP contribution in [0.25, 0.3) is 0 Å². The van der Waals surface area contributed by atoms with Gasteiger partial charge in [0.05, 0.1) is 0 Å². The Hall–Kier alpha value is -0.280. The van der Waals surface area contributed by atoms with Crippen molar-refractivity contribution in [2.45, 2.75) is 12.8 Å². The lowest BCUT2D eigenvalue weighted by Crippen LogP contribution is -2.08. The molecule has 0 amide bonds. The van der Waals surface area contributed by atoms with Crippen molar-refractivity contribution in [3.63, 3.8) is 0 Å². The van der Waals surface area contributed by atoms with E-state index in [1.54, 1.807) is 0 Å². The van der Waals surface area contributed by atoms with Crippen molar-refractivity contribution in [1.29, 1.82) is 0 Å². The Morgan fingerprint density at radius 1 is 1.73 bits per heavy atom. The Bertz CT molecular complexity index is 153. The first-order valence-corrected chi connectivity index (χ1v) is 4.31. The molecule has 0 aromatic heterocycles. The molecule has 0 heterocycles. The van der Waals surface area contributed by atoms with E-state index in [1.165, 1.54) is 0 Å². The van der Waals surface area contributed by atoms with Crippen molar-refractivity contribution in [3.8, 4) is 12.3 Å². The third kappa shape index (κ3) is 7.62. The van der Waals surface area contributed by atoms with Crippen LogP contribution in [-0.4, -0.2) is 19.1 Å². The van der Waals surface area contributed by atoms with E-state index in [-0.39, 0.29) is 12.6 Å². The van der Waals surface area contributed by atoms with Crippen molar-refractivity contribution in [2.24, 2.45) is 0 Å². The summed E-state index contributed by atoms with van der Waals surface area (Å²) < 4.78 is 7.53. The first kappa shape index (κ1) is 10.7. The SMILES string of the molecule is C#CCOC(=O)CCCNI. The van der Waals surface area contributed by atoms with Gasteiger partial charge >= 0.3 is 5.97 Å². The molecular formula is C7H10INO2. The third-order valence-corrected chi connectivity index (χ3v) is 1.51. The Morgan fingerprint density at radius 2 is 2.45 bits per heavy atom. The van der Waals surface area contributed by atoms with E-state index >= 15 is 0 Å². The average Bonchev–Trinajstić information content (AvgIpc) is 2.01. The van der Waals surface area contributed by atoms with Crippen LogP contribution < -0.4 is 3.53 Å². The Balaban J connectivity index is 3.17. The summed E-state index contributed by atoms with van der Waals surface area (Å²) in [6, 6.07) is 0. The number of nitrogens with one attached hydrogen (secondary N) is 1. The first-order chi connectivity index (χ1) is 5.31. The lowest BCUT2D eigenvalue weighted by atomic mass is 10.3. The molecule has 0 rings (SSSR count). The molecule has 0 aliphatic rings. The van der Waals surface area contributed by atoms with Crippen LogP contribution in [0.2, 0.25) is 0 Å². The van der Waals surface area contributed by atoms with Crippen LogP contribution in [-0.2, 0) is 9.53 Å². The van der Waals surface area contributed by atoms with Gasteiger partial charge in [-0.15, -0.1) is 6.42 Å². The van der Waals surface area contributed by atoms with Crippen LogP contribution in [0.1, 0.15) is 12.8 Å². The summed E-state index contributed by atoms with van der Waals surface area (Å²) in [5.41, 5.74) is 0.